The molecule has 0 aromatic heterocycles. The second-order valence-electron chi connectivity index (χ2n) is 6.11. The number of anilines is 1. The fraction of sp³-hybridized carbons (Fsp3) is 0.278. The van der Waals surface area contributed by atoms with Crippen molar-refractivity contribution >= 4 is 44.8 Å². The molecular formula is C18H18Cl2N2O3S. The van der Waals surface area contributed by atoms with Crippen molar-refractivity contribution in [3.8, 4) is 0 Å². The number of hydrogen-bond acceptors (Lipinski definition) is 3. The van der Waals surface area contributed by atoms with E-state index in [1.165, 1.54) is 16.4 Å². The Bertz CT molecular complexity index is 896. The highest BCUT2D eigenvalue weighted by molar-refractivity contribution is 7.89. The van der Waals surface area contributed by atoms with Crippen molar-refractivity contribution in [3.05, 3.63) is 58.6 Å². The predicted octanol–water partition coefficient (Wildman–Crippen LogP) is 4.03. The number of para-hydroxylation sites is 1. The van der Waals surface area contributed by atoms with Gasteiger partial charge in [-0.25, -0.2) is 8.42 Å². The Morgan fingerprint density at radius 1 is 1.04 bits per heavy atom. The molecule has 1 fully saturated rings. The summed E-state index contributed by atoms with van der Waals surface area (Å²) in [5.74, 6) is -0.314. The summed E-state index contributed by atoms with van der Waals surface area (Å²) in [6, 6.07) is 13.6. The standard InChI is InChI=1S/C18H18Cl2N2O3S/c19-14-6-7-16(20)17(12-14)26(24,25)22-10-8-13(9-11-22)18(23)21-15-4-2-1-3-5-15/h1-7,12-13H,8-11H2,(H,21,23). The molecule has 5 nitrogen and oxygen atoms in total. The average molecular weight is 413 g/mol. The summed E-state index contributed by atoms with van der Waals surface area (Å²) in [4.78, 5) is 12.4. The van der Waals surface area contributed by atoms with Crippen molar-refractivity contribution in [2.24, 2.45) is 5.92 Å². The molecule has 0 unspecified atom stereocenters. The highest BCUT2D eigenvalue weighted by atomic mass is 35.5. The lowest BCUT2D eigenvalue weighted by molar-refractivity contribution is -0.120. The van der Waals surface area contributed by atoms with Crippen molar-refractivity contribution in [2.75, 3.05) is 18.4 Å². The molecule has 1 heterocycles. The molecule has 0 bridgehead atoms. The molecule has 0 saturated carbocycles. The summed E-state index contributed by atoms with van der Waals surface area (Å²) in [5, 5.41) is 3.32. The second-order valence-corrected chi connectivity index (χ2v) is 8.86. The van der Waals surface area contributed by atoms with Gasteiger partial charge in [0.25, 0.3) is 0 Å². The van der Waals surface area contributed by atoms with E-state index < -0.39 is 10.0 Å². The largest absolute Gasteiger partial charge is 0.326 e. The molecule has 1 aliphatic heterocycles. The Morgan fingerprint density at radius 2 is 1.69 bits per heavy atom. The third-order valence-corrected chi connectivity index (χ3v) is 6.99. The van der Waals surface area contributed by atoms with Gasteiger partial charge >= 0.3 is 0 Å². The van der Waals surface area contributed by atoms with E-state index in [-0.39, 0.29) is 34.8 Å². The van der Waals surface area contributed by atoms with Gasteiger partial charge in [-0.15, -0.1) is 0 Å². The van der Waals surface area contributed by atoms with Gasteiger partial charge < -0.3 is 5.32 Å². The quantitative estimate of drug-likeness (QED) is 0.823. The van der Waals surface area contributed by atoms with Crippen LogP contribution in [-0.4, -0.2) is 31.7 Å². The minimum absolute atomic E-state index is 0.00106. The van der Waals surface area contributed by atoms with Crippen molar-refractivity contribution < 1.29 is 13.2 Å². The maximum atomic E-state index is 12.8. The van der Waals surface area contributed by atoms with E-state index in [9.17, 15) is 13.2 Å². The number of carbonyl (C=O) groups is 1. The molecule has 0 atom stereocenters. The Balaban J connectivity index is 1.66. The van der Waals surface area contributed by atoms with Gasteiger partial charge in [0.1, 0.15) is 4.90 Å². The van der Waals surface area contributed by atoms with Crippen LogP contribution in [0.2, 0.25) is 10.0 Å². The number of sulfonamides is 1. The molecule has 0 radical (unpaired) electrons. The van der Waals surface area contributed by atoms with E-state index in [2.05, 4.69) is 5.32 Å². The molecule has 8 heteroatoms. The first kappa shape index (κ1) is 19.2. The fourth-order valence-electron chi connectivity index (χ4n) is 2.94. The van der Waals surface area contributed by atoms with Crippen LogP contribution in [-0.2, 0) is 14.8 Å². The normalized spacial score (nSPS) is 16.4. The van der Waals surface area contributed by atoms with E-state index in [4.69, 9.17) is 23.2 Å². The highest BCUT2D eigenvalue weighted by Crippen LogP contribution is 2.30. The number of benzene rings is 2. The third kappa shape index (κ3) is 4.20. The molecule has 3 rings (SSSR count). The van der Waals surface area contributed by atoms with E-state index in [1.807, 2.05) is 30.3 Å². The molecule has 1 amide bonds. The molecule has 1 aliphatic rings. The van der Waals surface area contributed by atoms with E-state index in [0.717, 1.165) is 5.69 Å². The second kappa shape index (κ2) is 7.96. The Hall–Kier alpha value is -1.60. The van der Waals surface area contributed by atoms with Crippen LogP contribution in [0.1, 0.15) is 12.8 Å². The van der Waals surface area contributed by atoms with Crippen LogP contribution in [0.15, 0.2) is 53.4 Å². The zero-order chi connectivity index (χ0) is 18.7. The Morgan fingerprint density at radius 3 is 2.35 bits per heavy atom. The van der Waals surface area contributed by atoms with Gasteiger partial charge in [-0.05, 0) is 43.2 Å². The van der Waals surface area contributed by atoms with Gasteiger partial charge in [0.15, 0.2) is 0 Å². The van der Waals surface area contributed by atoms with E-state index in [1.54, 1.807) is 6.07 Å². The molecule has 2 aromatic carbocycles. The molecular weight excluding hydrogens is 395 g/mol. The van der Waals surface area contributed by atoms with Crippen LogP contribution in [0, 0.1) is 5.92 Å². The topological polar surface area (TPSA) is 66.5 Å². The van der Waals surface area contributed by atoms with Crippen molar-refractivity contribution in [1.82, 2.24) is 4.31 Å². The Labute approximate surface area is 163 Å². The fourth-order valence-corrected chi connectivity index (χ4v) is 5.15. The van der Waals surface area contributed by atoms with Crippen LogP contribution in [0.5, 0.6) is 0 Å². The molecule has 0 aliphatic carbocycles. The summed E-state index contributed by atoms with van der Waals surface area (Å²) in [5.41, 5.74) is 0.735. The van der Waals surface area contributed by atoms with Gasteiger partial charge in [-0.1, -0.05) is 41.4 Å². The number of nitrogens with zero attached hydrogens (tertiary/aromatic N) is 1. The van der Waals surface area contributed by atoms with Crippen LogP contribution >= 0.6 is 23.2 Å². The van der Waals surface area contributed by atoms with Gasteiger partial charge in [0.2, 0.25) is 15.9 Å². The molecule has 138 valence electrons. The number of nitrogens with one attached hydrogen (secondary N) is 1. The van der Waals surface area contributed by atoms with E-state index >= 15 is 0 Å². The SMILES string of the molecule is O=C(Nc1ccccc1)C1CCN(S(=O)(=O)c2cc(Cl)ccc2Cl)CC1. The minimum atomic E-state index is -3.74. The summed E-state index contributed by atoms with van der Waals surface area (Å²) in [6.45, 7) is 0.524. The summed E-state index contributed by atoms with van der Waals surface area (Å²) in [6.07, 6.45) is 0.909. The van der Waals surface area contributed by atoms with Gasteiger partial charge in [-0.3, -0.25) is 4.79 Å². The van der Waals surface area contributed by atoms with Crippen molar-refractivity contribution in [1.29, 1.82) is 0 Å². The number of carbonyl (C=O) groups excluding carboxylic acids is 1. The number of amides is 1. The van der Waals surface area contributed by atoms with Crippen molar-refractivity contribution in [3.63, 3.8) is 0 Å². The number of halogens is 2. The average Bonchev–Trinajstić information content (AvgIpc) is 2.64. The molecule has 2 aromatic rings. The number of rotatable bonds is 4. The lowest BCUT2D eigenvalue weighted by atomic mass is 9.97. The van der Waals surface area contributed by atoms with Crippen molar-refractivity contribution in [2.45, 2.75) is 17.7 Å². The zero-order valence-corrected chi connectivity index (χ0v) is 16.2. The lowest BCUT2D eigenvalue weighted by Gasteiger charge is -2.30. The third-order valence-electron chi connectivity index (χ3n) is 4.38. The van der Waals surface area contributed by atoms with Crippen LogP contribution in [0.25, 0.3) is 0 Å². The van der Waals surface area contributed by atoms with Crippen LogP contribution in [0.3, 0.4) is 0 Å². The molecule has 1 saturated heterocycles. The monoisotopic (exact) mass is 412 g/mol. The zero-order valence-electron chi connectivity index (χ0n) is 13.9. The predicted molar refractivity (Wildman–Crippen MR) is 103 cm³/mol. The minimum Gasteiger partial charge on any atom is -0.326 e. The van der Waals surface area contributed by atoms with Gasteiger partial charge in [0.05, 0.1) is 5.02 Å². The maximum absolute atomic E-state index is 12.8. The highest BCUT2D eigenvalue weighted by Gasteiger charge is 2.33. The summed E-state index contributed by atoms with van der Waals surface area (Å²) < 4.78 is 27.0. The van der Waals surface area contributed by atoms with Gasteiger partial charge in [-0.2, -0.15) is 4.31 Å². The maximum Gasteiger partial charge on any atom is 0.244 e. The van der Waals surface area contributed by atoms with Crippen LogP contribution < -0.4 is 5.32 Å². The molecule has 1 N–H and O–H groups in total. The first-order chi connectivity index (χ1) is 12.4. The van der Waals surface area contributed by atoms with Gasteiger partial charge in [0, 0.05) is 29.7 Å². The van der Waals surface area contributed by atoms with Crippen LogP contribution in [0.4, 0.5) is 5.69 Å². The number of hydrogen-bond donors (Lipinski definition) is 1. The van der Waals surface area contributed by atoms with E-state index in [0.29, 0.717) is 17.9 Å². The smallest absolute Gasteiger partial charge is 0.244 e. The first-order valence-electron chi connectivity index (χ1n) is 8.19. The lowest BCUT2D eigenvalue weighted by Crippen LogP contribution is -2.41. The summed E-state index contributed by atoms with van der Waals surface area (Å²) in [7, 11) is -3.74. The summed E-state index contributed by atoms with van der Waals surface area (Å²) >= 11 is 11.9. The molecule has 0 spiro atoms. The Kier molecular flexibility index (Phi) is 5.87. The molecule has 26 heavy (non-hydrogen) atoms. The first-order valence-corrected chi connectivity index (χ1v) is 10.4. The number of piperidine rings is 1.